The largest absolute Gasteiger partial charge is 0.441 e. The van der Waals surface area contributed by atoms with Gasteiger partial charge in [0.05, 0.1) is 6.61 Å². The maximum Gasteiger partial charge on any atom is 0.417 e. The smallest absolute Gasteiger partial charge is 0.417 e. The second-order valence-corrected chi connectivity index (χ2v) is 9.13. The molecule has 3 aliphatic heterocycles. The summed E-state index contributed by atoms with van der Waals surface area (Å²) in [7, 11) is 0. The van der Waals surface area contributed by atoms with Crippen LogP contribution in [0.3, 0.4) is 0 Å². The number of carbonyl (C=O) groups is 2. The first kappa shape index (κ1) is 20.8. The highest BCUT2D eigenvalue weighted by Crippen LogP contribution is 2.44. The Morgan fingerprint density at radius 2 is 1.81 bits per heavy atom. The lowest BCUT2D eigenvalue weighted by atomic mass is 9.96. The Kier molecular flexibility index (Phi) is 5.66. The summed E-state index contributed by atoms with van der Waals surface area (Å²) in [6.45, 7) is 1.63. The molecule has 3 heterocycles. The van der Waals surface area contributed by atoms with Crippen molar-refractivity contribution < 1.29 is 28.5 Å². The molecule has 3 fully saturated rings. The Labute approximate surface area is 188 Å². The first-order valence-electron chi connectivity index (χ1n) is 9.91. The van der Waals surface area contributed by atoms with Crippen molar-refractivity contribution in [3.63, 3.8) is 0 Å². The summed E-state index contributed by atoms with van der Waals surface area (Å²) in [4.78, 5) is 26.9. The van der Waals surface area contributed by atoms with Crippen molar-refractivity contribution >= 4 is 35.4 Å². The zero-order valence-corrected chi connectivity index (χ0v) is 18.1. The molecule has 31 heavy (non-hydrogen) atoms. The van der Waals surface area contributed by atoms with Crippen LogP contribution in [-0.4, -0.2) is 53.3 Å². The fourth-order valence-electron chi connectivity index (χ4n) is 4.12. The molecule has 0 aromatic heterocycles. The Bertz CT molecular complexity index is 974. The first-order chi connectivity index (χ1) is 15.0. The van der Waals surface area contributed by atoms with E-state index in [1.165, 1.54) is 18.7 Å². The van der Waals surface area contributed by atoms with Gasteiger partial charge in [-0.3, -0.25) is 4.79 Å². The van der Waals surface area contributed by atoms with Crippen LogP contribution in [0, 0.1) is 0 Å². The first-order valence-corrected chi connectivity index (χ1v) is 11.2. The molecule has 7 nitrogen and oxygen atoms in total. The highest BCUT2D eigenvalue weighted by molar-refractivity contribution is 7.99. The highest BCUT2D eigenvalue weighted by Gasteiger charge is 2.59. The van der Waals surface area contributed by atoms with Crippen molar-refractivity contribution in [1.82, 2.24) is 4.90 Å². The van der Waals surface area contributed by atoms with Crippen LogP contribution in [0.2, 0.25) is 5.02 Å². The SMILES string of the molecule is CC(=O)N1C(=O)O[C@@H]2C1[C@H](Sc1ccc(Cl)cc1)OC1COC(c3ccccc3)O[C@H]12. The molecule has 3 saturated heterocycles. The van der Waals surface area contributed by atoms with Gasteiger partial charge in [0.15, 0.2) is 12.4 Å². The van der Waals surface area contributed by atoms with Crippen molar-refractivity contribution in [2.24, 2.45) is 0 Å². The molecule has 0 radical (unpaired) electrons. The van der Waals surface area contributed by atoms with Gasteiger partial charge in [0.1, 0.15) is 23.7 Å². The number of nitrogens with zero attached hydrogens (tertiary/aromatic N) is 1. The third-order valence-electron chi connectivity index (χ3n) is 5.52. The second kappa shape index (κ2) is 8.44. The van der Waals surface area contributed by atoms with E-state index in [1.807, 2.05) is 42.5 Å². The molecular weight excluding hydrogens is 442 g/mol. The van der Waals surface area contributed by atoms with Crippen molar-refractivity contribution in [3.8, 4) is 0 Å². The molecule has 0 N–H and O–H groups in total. The number of hydrogen-bond acceptors (Lipinski definition) is 7. The molecular formula is C22H20ClNO6S. The maximum atomic E-state index is 12.6. The number of benzene rings is 2. The molecule has 162 valence electrons. The third kappa shape index (κ3) is 3.94. The zero-order chi connectivity index (χ0) is 21.5. The summed E-state index contributed by atoms with van der Waals surface area (Å²) in [6, 6.07) is 16.2. The van der Waals surface area contributed by atoms with Crippen LogP contribution in [0.1, 0.15) is 18.8 Å². The number of carbonyl (C=O) groups excluding carboxylic acids is 2. The number of ether oxygens (including phenoxy) is 4. The quantitative estimate of drug-likeness (QED) is 0.683. The molecule has 9 heteroatoms. The van der Waals surface area contributed by atoms with Gasteiger partial charge in [-0.15, -0.1) is 0 Å². The third-order valence-corrected chi connectivity index (χ3v) is 6.93. The minimum Gasteiger partial charge on any atom is -0.441 e. The molecule has 3 unspecified atom stereocenters. The average molecular weight is 462 g/mol. The molecule has 5 rings (SSSR count). The van der Waals surface area contributed by atoms with E-state index in [-0.39, 0.29) is 6.61 Å². The lowest BCUT2D eigenvalue weighted by Gasteiger charge is -2.46. The summed E-state index contributed by atoms with van der Waals surface area (Å²) in [5.74, 6) is -0.395. The van der Waals surface area contributed by atoms with E-state index >= 15 is 0 Å². The number of hydrogen-bond donors (Lipinski definition) is 0. The number of rotatable bonds is 3. The van der Waals surface area contributed by atoms with E-state index in [0.29, 0.717) is 5.02 Å². The van der Waals surface area contributed by atoms with Crippen molar-refractivity contribution in [1.29, 1.82) is 0 Å². The fraction of sp³-hybridized carbons (Fsp3) is 0.364. The van der Waals surface area contributed by atoms with Gasteiger partial charge >= 0.3 is 6.09 Å². The van der Waals surface area contributed by atoms with Gasteiger partial charge in [0.25, 0.3) is 0 Å². The van der Waals surface area contributed by atoms with Crippen LogP contribution in [0.5, 0.6) is 0 Å². The molecule has 0 aliphatic carbocycles. The molecule has 6 atom stereocenters. The lowest BCUT2D eigenvalue weighted by molar-refractivity contribution is -0.302. The predicted molar refractivity (Wildman–Crippen MR) is 113 cm³/mol. The van der Waals surface area contributed by atoms with Crippen LogP contribution in [0.15, 0.2) is 59.5 Å². The zero-order valence-electron chi connectivity index (χ0n) is 16.6. The standard InChI is InChI=1S/C22H20ClNO6S/c1-12(25)24-17-19(30-22(24)26)18-16(11-27-20(29-18)13-5-3-2-4-6-13)28-21(17)31-15-9-7-14(23)8-10-15/h2-10,16-21H,11H2,1H3/t16?,17?,18-,19-,20?,21+/m1/s1. The Morgan fingerprint density at radius 1 is 1.06 bits per heavy atom. The fourth-order valence-corrected chi connectivity index (χ4v) is 5.42. The van der Waals surface area contributed by atoms with Crippen molar-refractivity contribution in [3.05, 3.63) is 65.2 Å². The topological polar surface area (TPSA) is 74.3 Å². The van der Waals surface area contributed by atoms with E-state index < -0.39 is 48.1 Å². The lowest BCUT2D eigenvalue weighted by Crippen LogP contribution is -2.62. The monoisotopic (exact) mass is 461 g/mol. The summed E-state index contributed by atoms with van der Waals surface area (Å²) in [5, 5.41) is 0.623. The number of imide groups is 1. The van der Waals surface area contributed by atoms with E-state index in [0.717, 1.165) is 15.4 Å². The second-order valence-electron chi connectivity index (χ2n) is 7.52. The van der Waals surface area contributed by atoms with Gasteiger partial charge in [-0.05, 0) is 24.3 Å². The van der Waals surface area contributed by atoms with Crippen molar-refractivity contribution in [2.75, 3.05) is 6.61 Å². The number of amides is 2. The number of thioether (sulfide) groups is 1. The Balaban J connectivity index is 1.43. The van der Waals surface area contributed by atoms with Gasteiger partial charge < -0.3 is 18.9 Å². The highest BCUT2D eigenvalue weighted by atomic mass is 35.5. The van der Waals surface area contributed by atoms with Gasteiger partial charge in [-0.25, -0.2) is 9.69 Å². The minimum atomic E-state index is -0.681. The molecule has 2 aromatic carbocycles. The van der Waals surface area contributed by atoms with Crippen LogP contribution < -0.4 is 0 Å². The molecule has 0 spiro atoms. The van der Waals surface area contributed by atoms with Crippen molar-refractivity contribution in [2.45, 2.75) is 47.9 Å². The Morgan fingerprint density at radius 3 is 2.52 bits per heavy atom. The average Bonchev–Trinajstić information content (AvgIpc) is 3.13. The van der Waals surface area contributed by atoms with Crippen LogP contribution in [0.25, 0.3) is 0 Å². The van der Waals surface area contributed by atoms with Crippen LogP contribution >= 0.6 is 23.4 Å². The van der Waals surface area contributed by atoms with Gasteiger partial charge in [-0.2, -0.15) is 0 Å². The predicted octanol–water partition coefficient (Wildman–Crippen LogP) is 4.01. The summed E-state index contributed by atoms with van der Waals surface area (Å²) in [5.41, 5.74) is 0.325. The normalized spacial score (nSPS) is 32.2. The maximum absolute atomic E-state index is 12.6. The van der Waals surface area contributed by atoms with Gasteiger partial charge in [0, 0.05) is 22.4 Å². The van der Waals surface area contributed by atoms with E-state index in [9.17, 15) is 9.59 Å². The summed E-state index contributed by atoms with van der Waals surface area (Å²) < 4.78 is 24.1. The number of halogens is 1. The molecule has 3 aliphatic rings. The van der Waals surface area contributed by atoms with Crippen LogP contribution in [0.4, 0.5) is 4.79 Å². The Hall–Kier alpha value is -2.10. The van der Waals surface area contributed by atoms with E-state index in [1.54, 1.807) is 12.1 Å². The summed E-state index contributed by atoms with van der Waals surface area (Å²) in [6.07, 6.45) is -2.93. The molecule has 0 saturated carbocycles. The molecule has 0 bridgehead atoms. The van der Waals surface area contributed by atoms with Crippen LogP contribution in [-0.2, 0) is 23.7 Å². The van der Waals surface area contributed by atoms with E-state index in [4.69, 9.17) is 30.5 Å². The summed E-state index contributed by atoms with van der Waals surface area (Å²) >= 11 is 7.40. The van der Waals surface area contributed by atoms with Gasteiger partial charge in [-0.1, -0.05) is 53.7 Å². The number of fused-ring (bicyclic) bond motifs is 3. The molecule has 2 amide bonds. The van der Waals surface area contributed by atoms with E-state index in [2.05, 4.69) is 0 Å². The van der Waals surface area contributed by atoms with Gasteiger partial charge in [0.2, 0.25) is 5.91 Å². The molecule has 2 aromatic rings. The minimum absolute atomic E-state index is 0.281.